The molecule has 0 aliphatic carbocycles. The maximum absolute atomic E-state index is 12.3. The van der Waals surface area contributed by atoms with Crippen molar-refractivity contribution in [1.29, 1.82) is 0 Å². The van der Waals surface area contributed by atoms with Gasteiger partial charge in [0.25, 0.3) is 0 Å². The zero-order valence-electron chi connectivity index (χ0n) is 14.0. The van der Waals surface area contributed by atoms with Crippen molar-refractivity contribution in [3.05, 3.63) is 65.7 Å². The Morgan fingerprint density at radius 3 is 2.65 bits per heavy atom. The summed E-state index contributed by atoms with van der Waals surface area (Å²) >= 11 is 0. The van der Waals surface area contributed by atoms with Crippen LogP contribution >= 0.6 is 0 Å². The van der Waals surface area contributed by atoms with Gasteiger partial charge in [0, 0.05) is 6.42 Å². The van der Waals surface area contributed by atoms with Crippen molar-refractivity contribution in [2.45, 2.75) is 24.8 Å². The van der Waals surface area contributed by atoms with Gasteiger partial charge in [-0.15, -0.1) is 0 Å². The molecule has 9 heteroatoms. The van der Waals surface area contributed by atoms with E-state index in [0.29, 0.717) is 5.76 Å². The molecule has 8 nitrogen and oxygen atoms in total. The maximum atomic E-state index is 12.3. The van der Waals surface area contributed by atoms with Crippen LogP contribution in [0, 0.1) is 6.92 Å². The Kier molecular flexibility index (Phi) is 5.17. The third-order valence-electron chi connectivity index (χ3n) is 3.64. The molecule has 0 saturated carbocycles. The summed E-state index contributed by atoms with van der Waals surface area (Å²) in [4.78, 5) is 16.1. The summed E-state index contributed by atoms with van der Waals surface area (Å²) in [6.07, 6.45) is 1.55. The van der Waals surface area contributed by atoms with E-state index in [1.165, 1.54) is 6.26 Å². The summed E-state index contributed by atoms with van der Waals surface area (Å²) in [6.45, 7) is 2.07. The number of nitrogens with one attached hydrogen (secondary N) is 1. The lowest BCUT2D eigenvalue weighted by atomic mass is 10.2. The zero-order valence-corrected chi connectivity index (χ0v) is 14.8. The molecule has 0 bridgehead atoms. The molecule has 0 aliphatic heterocycles. The zero-order chi connectivity index (χ0) is 18.6. The summed E-state index contributed by atoms with van der Waals surface area (Å²) in [5.74, 6) is -0.213. The van der Waals surface area contributed by atoms with E-state index in [-0.39, 0.29) is 35.3 Å². The number of hydrogen-bond acceptors (Lipinski definition) is 7. The van der Waals surface area contributed by atoms with Gasteiger partial charge in [-0.1, -0.05) is 22.9 Å². The first-order valence-electron chi connectivity index (χ1n) is 7.86. The number of carbonyl (C=O) groups is 1. The van der Waals surface area contributed by atoms with E-state index in [9.17, 15) is 13.2 Å². The molecule has 136 valence electrons. The minimum Gasteiger partial charge on any atom is -0.467 e. The molecule has 1 amide bonds. The highest BCUT2D eigenvalue weighted by Gasteiger charge is 2.19. The van der Waals surface area contributed by atoms with Crippen molar-refractivity contribution in [1.82, 2.24) is 15.5 Å². The van der Waals surface area contributed by atoms with Gasteiger partial charge in [0.1, 0.15) is 5.76 Å². The Morgan fingerprint density at radius 2 is 1.96 bits per heavy atom. The molecule has 1 aromatic carbocycles. The lowest BCUT2D eigenvalue weighted by molar-refractivity contribution is 0.0904. The molecule has 2 heterocycles. The van der Waals surface area contributed by atoms with E-state index in [1.54, 1.807) is 36.4 Å². The van der Waals surface area contributed by atoms with Crippen LogP contribution in [-0.2, 0) is 22.8 Å². The molecule has 0 atom stereocenters. The van der Waals surface area contributed by atoms with Gasteiger partial charge in [-0.2, -0.15) is 4.98 Å². The number of nitrogens with zero attached hydrogens (tertiary/aromatic N) is 2. The first-order chi connectivity index (χ1) is 12.4. The van der Waals surface area contributed by atoms with Crippen molar-refractivity contribution in [2.75, 3.05) is 5.75 Å². The number of amides is 1. The molecule has 26 heavy (non-hydrogen) atoms. The molecule has 3 rings (SSSR count). The number of aromatic nitrogens is 2. The van der Waals surface area contributed by atoms with Gasteiger partial charge in [0.05, 0.1) is 23.5 Å². The van der Waals surface area contributed by atoms with Crippen LogP contribution in [0.2, 0.25) is 0 Å². The predicted molar refractivity (Wildman–Crippen MR) is 91.1 cm³/mol. The fourth-order valence-electron chi connectivity index (χ4n) is 2.19. The third kappa shape index (κ3) is 4.37. The van der Waals surface area contributed by atoms with Crippen LogP contribution in [0.15, 0.2) is 56.5 Å². The summed E-state index contributed by atoms with van der Waals surface area (Å²) < 4.78 is 34.6. The van der Waals surface area contributed by atoms with E-state index in [4.69, 9.17) is 8.94 Å². The van der Waals surface area contributed by atoms with Gasteiger partial charge in [-0.25, -0.2) is 8.42 Å². The number of aryl methyl sites for hydroxylation is 2. The van der Waals surface area contributed by atoms with Crippen LogP contribution in [0.25, 0.3) is 0 Å². The first-order valence-corrected chi connectivity index (χ1v) is 9.52. The highest BCUT2D eigenvalue weighted by molar-refractivity contribution is 7.91. The highest BCUT2D eigenvalue weighted by Crippen LogP contribution is 2.13. The number of benzene rings is 1. The summed E-state index contributed by atoms with van der Waals surface area (Å²) in [6, 6.07) is 10.0. The van der Waals surface area contributed by atoms with Crippen LogP contribution in [0.5, 0.6) is 0 Å². The second kappa shape index (κ2) is 7.52. The van der Waals surface area contributed by atoms with Crippen molar-refractivity contribution in [3.63, 3.8) is 0 Å². The molecule has 0 aliphatic rings. The van der Waals surface area contributed by atoms with Crippen molar-refractivity contribution >= 4 is 15.7 Å². The lowest BCUT2D eigenvalue weighted by Crippen LogP contribution is -2.23. The molecule has 3 aromatic rings. The normalized spacial score (nSPS) is 11.4. The molecule has 1 N–H and O–H groups in total. The Bertz CT molecular complexity index is 976. The Balaban J connectivity index is 1.57. The average molecular weight is 375 g/mol. The number of hydrogen-bond donors (Lipinski definition) is 1. The second-order valence-corrected chi connectivity index (χ2v) is 7.77. The molecule has 2 aromatic heterocycles. The van der Waals surface area contributed by atoms with E-state index >= 15 is 0 Å². The van der Waals surface area contributed by atoms with E-state index in [1.807, 2.05) is 6.92 Å². The van der Waals surface area contributed by atoms with E-state index in [0.717, 1.165) is 5.56 Å². The number of carbonyl (C=O) groups excluding carboxylic acids is 1. The largest absolute Gasteiger partial charge is 0.467 e. The molecular weight excluding hydrogens is 358 g/mol. The van der Waals surface area contributed by atoms with Crippen molar-refractivity contribution in [2.24, 2.45) is 0 Å². The fourth-order valence-corrected chi connectivity index (χ4v) is 3.43. The Labute approximate surface area is 150 Å². The summed E-state index contributed by atoms with van der Waals surface area (Å²) in [5.41, 5.74) is 0.979. The third-order valence-corrected chi connectivity index (χ3v) is 5.37. The van der Waals surface area contributed by atoms with Crippen molar-refractivity contribution in [3.8, 4) is 0 Å². The van der Waals surface area contributed by atoms with E-state index < -0.39 is 15.7 Å². The van der Waals surface area contributed by atoms with Crippen LogP contribution in [0.3, 0.4) is 0 Å². The first kappa shape index (κ1) is 17.9. The minimum absolute atomic E-state index is 0.0468. The molecular formula is C17H17N3O5S. The van der Waals surface area contributed by atoms with Gasteiger partial charge < -0.3 is 14.3 Å². The highest BCUT2D eigenvalue weighted by atomic mass is 32.2. The van der Waals surface area contributed by atoms with Gasteiger partial charge in [-0.05, 0) is 31.2 Å². The quantitative estimate of drug-likeness (QED) is 0.671. The molecule has 0 spiro atoms. The molecule has 0 unspecified atom stereocenters. The fraction of sp³-hybridized carbons (Fsp3) is 0.235. The SMILES string of the molecule is Cc1ccc(S(=O)(=O)CCc2noc(C(=O)NCc3ccco3)n2)cc1. The summed E-state index contributed by atoms with van der Waals surface area (Å²) in [5, 5.41) is 6.23. The Morgan fingerprint density at radius 1 is 1.19 bits per heavy atom. The molecule has 0 fully saturated rings. The maximum Gasteiger partial charge on any atom is 0.315 e. The topological polar surface area (TPSA) is 115 Å². The van der Waals surface area contributed by atoms with Crippen LogP contribution in [-0.4, -0.2) is 30.2 Å². The van der Waals surface area contributed by atoms with Gasteiger partial charge in [0.2, 0.25) is 0 Å². The van der Waals surface area contributed by atoms with Gasteiger partial charge in [-0.3, -0.25) is 4.79 Å². The average Bonchev–Trinajstić information content (AvgIpc) is 3.30. The van der Waals surface area contributed by atoms with E-state index in [2.05, 4.69) is 15.5 Å². The minimum atomic E-state index is -3.46. The number of sulfone groups is 1. The molecule has 0 saturated heterocycles. The second-order valence-electron chi connectivity index (χ2n) is 5.66. The van der Waals surface area contributed by atoms with Crippen LogP contribution in [0.4, 0.5) is 0 Å². The summed E-state index contributed by atoms with van der Waals surface area (Å²) in [7, 11) is -3.46. The Hall–Kier alpha value is -2.94. The van der Waals surface area contributed by atoms with Gasteiger partial charge in [0.15, 0.2) is 15.7 Å². The predicted octanol–water partition coefficient (Wildman–Crippen LogP) is 1.92. The standard InChI is InChI=1S/C17H17N3O5S/c1-12-4-6-14(7-5-12)26(22,23)10-8-15-19-17(25-20-15)16(21)18-11-13-3-2-9-24-13/h2-7,9H,8,10-11H2,1H3,(H,18,21). The van der Waals surface area contributed by atoms with Crippen LogP contribution < -0.4 is 5.32 Å². The van der Waals surface area contributed by atoms with Gasteiger partial charge >= 0.3 is 11.8 Å². The number of furan rings is 1. The van der Waals surface area contributed by atoms with Crippen molar-refractivity contribution < 1.29 is 22.2 Å². The molecule has 0 radical (unpaired) electrons. The lowest BCUT2D eigenvalue weighted by Gasteiger charge is -2.03. The smallest absolute Gasteiger partial charge is 0.315 e. The number of rotatable bonds is 7. The van der Waals surface area contributed by atoms with Crippen LogP contribution in [0.1, 0.15) is 27.8 Å². The monoisotopic (exact) mass is 375 g/mol.